The van der Waals surface area contributed by atoms with E-state index in [1.165, 1.54) is 4.57 Å². The highest BCUT2D eigenvalue weighted by atomic mass is 19.3. The number of carbonyl (C=O) groups excluding carboxylic acids is 1. The van der Waals surface area contributed by atoms with Crippen molar-refractivity contribution in [2.45, 2.75) is 69.9 Å². The molecule has 3 fully saturated rings. The van der Waals surface area contributed by atoms with E-state index >= 15 is 0 Å². The minimum Gasteiger partial charge on any atom is -0.396 e. The Labute approximate surface area is 243 Å². The third-order valence-electron chi connectivity index (χ3n) is 8.77. The summed E-state index contributed by atoms with van der Waals surface area (Å²) in [6, 6.07) is 7.15. The summed E-state index contributed by atoms with van der Waals surface area (Å²) >= 11 is 0. The fourth-order valence-electron chi connectivity index (χ4n) is 6.32. The van der Waals surface area contributed by atoms with Crippen molar-refractivity contribution in [1.82, 2.24) is 29.8 Å². The zero-order valence-corrected chi connectivity index (χ0v) is 23.6. The number of halogens is 2. The molecule has 226 valence electrons. The third kappa shape index (κ3) is 6.31. The van der Waals surface area contributed by atoms with Crippen molar-refractivity contribution in [3.8, 4) is 5.95 Å². The van der Waals surface area contributed by atoms with Crippen LogP contribution in [0.4, 0.5) is 20.7 Å². The molecule has 1 amide bonds. The zero-order chi connectivity index (χ0) is 29.1. The smallest absolute Gasteiger partial charge is 0.296 e. The monoisotopic (exact) mass is 584 g/mol. The van der Waals surface area contributed by atoms with Gasteiger partial charge in [-0.1, -0.05) is 12.1 Å². The van der Waals surface area contributed by atoms with Gasteiger partial charge in [0.1, 0.15) is 0 Å². The number of morpholine rings is 1. The fraction of sp³-hybridized carbons (Fsp3) is 0.621. The lowest BCUT2D eigenvalue weighted by atomic mass is 9.81. The first-order chi connectivity index (χ1) is 20.5. The number of aliphatic hydroxyl groups excluding tert-OH is 1. The molecule has 0 bridgehead atoms. The molecule has 13 heteroatoms. The Morgan fingerprint density at radius 1 is 0.929 bits per heavy atom. The molecule has 1 saturated heterocycles. The third-order valence-corrected chi connectivity index (χ3v) is 8.77. The number of imidazole rings is 1. The Balaban J connectivity index is 1.18. The predicted octanol–water partition coefficient (Wildman–Crippen LogP) is 3.62. The van der Waals surface area contributed by atoms with Gasteiger partial charge < -0.3 is 25.4 Å². The second kappa shape index (κ2) is 12.8. The van der Waals surface area contributed by atoms with E-state index in [9.17, 15) is 18.7 Å². The molecule has 42 heavy (non-hydrogen) atoms. The molecule has 2 aliphatic carbocycles. The number of hydrogen-bond donors (Lipinski definition) is 3. The molecule has 3 aromatic rings. The van der Waals surface area contributed by atoms with Crippen molar-refractivity contribution in [3.05, 3.63) is 30.1 Å². The quantitative estimate of drug-likeness (QED) is 0.363. The highest BCUT2D eigenvalue weighted by molar-refractivity contribution is 5.79. The van der Waals surface area contributed by atoms with Gasteiger partial charge in [-0.05, 0) is 69.4 Å². The topological polar surface area (TPSA) is 130 Å². The molecule has 0 atom stereocenters. The Hall–Kier alpha value is -3.45. The van der Waals surface area contributed by atoms with Gasteiger partial charge in [-0.15, -0.1) is 0 Å². The molecule has 2 saturated carbocycles. The van der Waals surface area contributed by atoms with Crippen LogP contribution in [0.1, 0.15) is 63.6 Å². The highest BCUT2D eigenvalue weighted by Crippen LogP contribution is 2.31. The molecule has 3 aliphatic rings. The predicted molar refractivity (Wildman–Crippen MR) is 153 cm³/mol. The lowest BCUT2D eigenvalue weighted by Gasteiger charge is -2.32. The summed E-state index contributed by atoms with van der Waals surface area (Å²) in [6.45, 7) is 2.43. The standard InChI is InChI=1S/C29H38F2N8O3/c30-24(31)25-34-22-3-1-2-4-23(22)39(25)29-36-27(35-28(37-29)38-13-15-42-16-14-38)33-21-11-9-20(10-12-21)32-26(41)19-7-5-18(17-40)6-8-19/h1-4,18-21,24,40H,5-17H2,(H,32,41)(H,33,35,36,37). The highest BCUT2D eigenvalue weighted by Gasteiger charge is 2.30. The van der Waals surface area contributed by atoms with Crippen LogP contribution in [-0.4, -0.2) is 80.5 Å². The molecule has 1 aliphatic heterocycles. The molecule has 3 heterocycles. The van der Waals surface area contributed by atoms with Crippen molar-refractivity contribution in [2.24, 2.45) is 11.8 Å². The van der Waals surface area contributed by atoms with E-state index in [4.69, 9.17) is 4.74 Å². The lowest BCUT2D eigenvalue weighted by molar-refractivity contribution is -0.127. The first kappa shape index (κ1) is 28.7. The number of aromatic nitrogens is 5. The van der Waals surface area contributed by atoms with E-state index in [-0.39, 0.29) is 36.5 Å². The lowest BCUT2D eigenvalue weighted by Crippen LogP contribution is -2.43. The molecule has 6 rings (SSSR count). The number of para-hydroxylation sites is 2. The number of fused-ring (bicyclic) bond motifs is 1. The van der Waals surface area contributed by atoms with Crippen LogP contribution in [0, 0.1) is 11.8 Å². The number of nitrogens with zero attached hydrogens (tertiary/aromatic N) is 6. The molecule has 3 N–H and O–H groups in total. The first-order valence-electron chi connectivity index (χ1n) is 15.0. The largest absolute Gasteiger partial charge is 0.396 e. The number of hydrogen-bond acceptors (Lipinski definition) is 9. The molecule has 2 aromatic heterocycles. The molecule has 1 aromatic carbocycles. The summed E-state index contributed by atoms with van der Waals surface area (Å²) in [6.07, 6.45) is 3.93. The van der Waals surface area contributed by atoms with Crippen molar-refractivity contribution in [3.63, 3.8) is 0 Å². The van der Waals surface area contributed by atoms with Gasteiger partial charge in [-0.2, -0.15) is 15.0 Å². The summed E-state index contributed by atoms with van der Waals surface area (Å²) in [4.78, 5) is 32.9. The van der Waals surface area contributed by atoms with Crippen LogP contribution in [-0.2, 0) is 9.53 Å². The average molecular weight is 585 g/mol. The number of alkyl halides is 2. The molecule has 11 nitrogen and oxygen atoms in total. The van der Waals surface area contributed by atoms with Crippen LogP contribution in [0.25, 0.3) is 17.0 Å². The normalized spacial score (nSPS) is 25.1. The van der Waals surface area contributed by atoms with Crippen LogP contribution in [0.15, 0.2) is 24.3 Å². The van der Waals surface area contributed by atoms with Crippen molar-refractivity contribution in [2.75, 3.05) is 43.1 Å². The Morgan fingerprint density at radius 3 is 2.33 bits per heavy atom. The molecular formula is C29H38F2N8O3. The number of benzene rings is 1. The van der Waals surface area contributed by atoms with E-state index in [2.05, 4.69) is 30.6 Å². The van der Waals surface area contributed by atoms with E-state index in [0.717, 1.165) is 51.4 Å². The van der Waals surface area contributed by atoms with Crippen LogP contribution in [0.5, 0.6) is 0 Å². The Bertz CT molecular complexity index is 1370. The Morgan fingerprint density at radius 2 is 1.62 bits per heavy atom. The SMILES string of the molecule is O=C(NC1CCC(Nc2nc(N3CCOCC3)nc(-n3c(C(F)F)nc4ccccc43)n2)CC1)C1CCC(CO)CC1. The summed E-state index contributed by atoms with van der Waals surface area (Å²) in [7, 11) is 0. The number of nitrogens with one attached hydrogen (secondary N) is 2. The van der Waals surface area contributed by atoms with Gasteiger partial charge in [0.05, 0.1) is 24.2 Å². The maximum absolute atomic E-state index is 14.1. The number of ether oxygens (including phenoxy) is 1. The fourth-order valence-corrected chi connectivity index (χ4v) is 6.32. The number of anilines is 2. The maximum atomic E-state index is 14.1. The van der Waals surface area contributed by atoms with Gasteiger partial charge in [0, 0.05) is 37.7 Å². The number of aliphatic hydroxyl groups is 1. The van der Waals surface area contributed by atoms with E-state index in [1.54, 1.807) is 24.3 Å². The second-order valence-electron chi connectivity index (χ2n) is 11.6. The minimum atomic E-state index is -2.81. The molecule has 0 radical (unpaired) electrons. The van der Waals surface area contributed by atoms with E-state index in [0.29, 0.717) is 55.2 Å². The van der Waals surface area contributed by atoms with Gasteiger partial charge in [-0.25, -0.2) is 13.8 Å². The van der Waals surface area contributed by atoms with Crippen molar-refractivity contribution in [1.29, 1.82) is 0 Å². The average Bonchev–Trinajstić information content (AvgIpc) is 3.43. The van der Waals surface area contributed by atoms with Crippen LogP contribution in [0.2, 0.25) is 0 Å². The second-order valence-corrected chi connectivity index (χ2v) is 11.6. The first-order valence-corrected chi connectivity index (χ1v) is 15.0. The summed E-state index contributed by atoms with van der Waals surface area (Å²) in [5, 5.41) is 16.0. The van der Waals surface area contributed by atoms with Crippen molar-refractivity contribution >= 4 is 28.8 Å². The van der Waals surface area contributed by atoms with Gasteiger partial charge in [0.2, 0.25) is 23.8 Å². The maximum Gasteiger partial charge on any atom is 0.296 e. The van der Waals surface area contributed by atoms with E-state index in [1.807, 2.05) is 4.90 Å². The van der Waals surface area contributed by atoms with Crippen LogP contribution < -0.4 is 15.5 Å². The zero-order valence-electron chi connectivity index (χ0n) is 23.6. The Kier molecular flexibility index (Phi) is 8.75. The minimum absolute atomic E-state index is 0.0308. The molecular weight excluding hydrogens is 546 g/mol. The van der Waals surface area contributed by atoms with Gasteiger partial charge in [-0.3, -0.25) is 9.36 Å². The number of carbonyl (C=O) groups is 1. The van der Waals surface area contributed by atoms with Gasteiger partial charge in [0.25, 0.3) is 6.43 Å². The summed E-state index contributed by atoms with van der Waals surface area (Å²) < 4.78 is 35.0. The summed E-state index contributed by atoms with van der Waals surface area (Å²) in [5.74, 6) is 0.890. The van der Waals surface area contributed by atoms with Crippen LogP contribution >= 0.6 is 0 Å². The van der Waals surface area contributed by atoms with Gasteiger partial charge in [0.15, 0.2) is 5.82 Å². The number of rotatable bonds is 8. The molecule has 0 spiro atoms. The van der Waals surface area contributed by atoms with E-state index < -0.39 is 12.2 Å². The number of amides is 1. The summed E-state index contributed by atoms with van der Waals surface area (Å²) in [5.41, 5.74) is 0.941. The molecule has 0 unspecified atom stereocenters. The van der Waals surface area contributed by atoms with Gasteiger partial charge >= 0.3 is 0 Å². The van der Waals surface area contributed by atoms with Crippen molar-refractivity contribution < 1.29 is 23.4 Å². The van der Waals surface area contributed by atoms with Crippen LogP contribution in [0.3, 0.4) is 0 Å².